The largest absolute Gasteiger partial charge is 0.320 e. The zero-order chi connectivity index (χ0) is 14.2. The Morgan fingerprint density at radius 2 is 2.10 bits per heavy atom. The van der Waals surface area contributed by atoms with Gasteiger partial charge in [-0.3, -0.25) is 4.99 Å². The van der Waals surface area contributed by atoms with E-state index in [1.807, 2.05) is 19.9 Å². The van der Waals surface area contributed by atoms with Gasteiger partial charge in [0.15, 0.2) is 5.17 Å². The lowest BCUT2D eigenvalue weighted by Crippen LogP contribution is -2.21. The highest BCUT2D eigenvalue weighted by Gasteiger charge is 2.38. The summed E-state index contributed by atoms with van der Waals surface area (Å²) < 4.78 is 0. The number of aliphatic imine (C=N–C) groups is 1. The summed E-state index contributed by atoms with van der Waals surface area (Å²) in [5.41, 5.74) is 2.59. The van der Waals surface area contributed by atoms with Crippen molar-refractivity contribution in [1.29, 1.82) is 0 Å². The first-order chi connectivity index (χ1) is 9.62. The molecule has 0 bridgehead atoms. The molecule has 5 heteroatoms. The predicted octanol–water partition coefficient (Wildman–Crippen LogP) is 4.08. The third kappa shape index (κ3) is 2.40. The molecule has 1 aliphatic heterocycles. The van der Waals surface area contributed by atoms with E-state index in [2.05, 4.69) is 15.1 Å². The van der Waals surface area contributed by atoms with Crippen LogP contribution in [0.2, 0.25) is 0 Å². The smallest absolute Gasteiger partial charge is 0.211 e. The van der Waals surface area contributed by atoms with Gasteiger partial charge in [-0.15, -0.1) is 0 Å². The number of aryl methyl sites for hydroxylation is 2. The van der Waals surface area contributed by atoms with Crippen LogP contribution in [-0.4, -0.2) is 21.4 Å². The number of pyridine rings is 1. The fourth-order valence-corrected chi connectivity index (χ4v) is 4.20. The molecule has 0 radical (unpaired) electrons. The number of anilines is 1. The standard InChI is InChI=1S/C15H18N4S/c1-10-8-12(17-11(2)13(10)16-3)18-14-19-15(9-20-14)6-4-5-7-15/h8H,4-7,9H2,1-2H3,(H,17,18,19). The van der Waals surface area contributed by atoms with E-state index in [1.54, 1.807) is 11.8 Å². The average Bonchev–Trinajstić information content (AvgIpc) is 3.00. The molecule has 0 aromatic carbocycles. The maximum absolute atomic E-state index is 7.17. The van der Waals surface area contributed by atoms with Gasteiger partial charge in [0.1, 0.15) is 5.82 Å². The molecule has 20 heavy (non-hydrogen) atoms. The van der Waals surface area contributed by atoms with Crippen LogP contribution in [0.25, 0.3) is 4.85 Å². The van der Waals surface area contributed by atoms with Crippen LogP contribution in [0, 0.1) is 20.4 Å². The molecule has 0 saturated heterocycles. The quantitative estimate of drug-likeness (QED) is 0.791. The fourth-order valence-electron chi connectivity index (χ4n) is 3.00. The first-order valence-corrected chi connectivity index (χ1v) is 7.96. The zero-order valence-corrected chi connectivity index (χ0v) is 12.7. The second kappa shape index (κ2) is 5.10. The summed E-state index contributed by atoms with van der Waals surface area (Å²) >= 11 is 1.79. The van der Waals surface area contributed by atoms with Gasteiger partial charge < -0.3 is 5.32 Å². The Morgan fingerprint density at radius 3 is 2.75 bits per heavy atom. The number of amidine groups is 1. The van der Waals surface area contributed by atoms with Crippen LogP contribution in [0.15, 0.2) is 11.1 Å². The van der Waals surface area contributed by atoms with E-state index in [0.717, 1.165) is 28.0 Å². The molecule has 2 aliphatic rings. The Hall–Kier alpha value is -1.54. The number of rotatable bonds is 1. The Balaban J connectivity index is 1.81. The van der Waals surface area contributed by atoms with Crippen LogP contribution in [0.1, 0.15) is 36.9 Å². The summed E-state index contributed by atoms with van der Waals surface area (Å²) in [6.45, 7) is 11.0. The Labute approximate surface area is 123 Å². The second-order valence-electron chi connectivity index (χ2n) is 5.63. The number of hydrogen-bond acceptors (Lipinski definition) is 4. The molecule has 1 fully saturated rings. The maximum atomic E-state index is 7.17. The zero-order valence-electron chi connectivity index (χ0n) is 11.9. The first-order valence-electron chi connectivity index (χ1n) is 6.97. The number of nitrogens with zero attached hydrogens (tertiary/aromatic N) is 3. The monoisotopic (exact) mass is 286 g/mol. The van der Waals surface area contributed by atoms with Gasteiger partial charge in [0.05, 0.1) is 12.1 Å². The molecule has 1 aliphatic carbocycles. The summed E-state index contributed by atoms with van der Waals surface area (Å²) in [5.74, 6) is 1.89. The molecule has 1 spiro atoms. The summed E-state index contributed by atoms with van der Waals surface area (Å²) in [6, 6.07) is 1.93. The van der Waals surface area contributed by atoms with Crippen molar-refractivity contribution in [3.63, 3.8) is 0 Å². The van der Waals surface area contributed by atoms with E-state index in [0.29, 0.717) is 5.69 Å². The third-order valence-corrected chi connectivity index (χ3v) is 5.20. The van der Waals surface area contributed by atoms with Crippen molar-refractivity contribution in [1.82, 2.24) is 4.98 Å². The molecule has 1 aromatic heterocycles. The van der Waals surface area contributed by atoms with E-state index in [4.69, 9.17) is 11.6 Å². The highest BCUT2D eigenvalue weighted by molar-refractivity contribution is 8.14. The van der Waals surface area contributed by atoms with E-state index in [-0.39, 0.29) is 5.54 Å². The molecule has 2 heterocycles. The van der Waals surface area contributed by atoms with Crippen molar-refractivity contribution in [3.05, 3.63) is 28.7 Å². The molecule has 3 rings (SSSR count). The highest BCUT2D eigenvalue weighted by Crippen LogP contribution is 2.41. The van der Waals surface area contributed by atoms with Gasteiger partial charge >= 0.3 is 0 Å². The van der Waals surface area contributed by atoms with Crippen LogP contribution in [0.3, 0.4) is 0 Å². The fraction of sp³-hybridized carbons (Fsp3) is 0.533. The SMILES string of the molecule is [C-]#[N+]c1c(C)cc(NC2=NC3(CCCC3)CS2)nc1C. The van der Waals surface area contributed by atoms with Gasteiger partial charge in [-0.25, -0.2) is 9.83 Å². The van der Waals surface area contributed by atoms with Crippen molar-refractivity contribution < 1.29 is 0 Å². The normalized spacial score (nSPS) is 19.9. The van der Waals surface area contributed by atoms with Crippen molar-refractivity contribution in [2.75, 3.05) is 11.1 Å². The lowest BCUT2D eigenvalue weighted by Gasteiger charge is -2.16. The Bertz CT molecular complexity index is 586. The minimum Gasteiger partial charge on any atom is -0.320 e. The van der Waals surface area contributed by atoms with E-state index in [9.17, 15) is 0 Å². The number of hydrogen-bond donors (Lipinski definition) is 1. The van der Waals surface area contributed by atoms with Gasteiger partial charge in [-0.1, -0.05) is 24.6 Å². The topological polar surface area (TPSA) is 41.6 Å². The molecule has 4 nitrogen and oxygen atoms in total. The van der Waals surface area contributed by atoms with Crippen LogP contribution in [-0.2, 0) is 0 Å². The Kier molecular flexibility index (Phi) is 3.43. The first kappa shape index (κ1) is 13.4. The highest BCUT2D eigenvalue weighted by atomic mass is 32.2. The van der Waals surface area contributed by atoms with E-state index in [1.165, 1.54) is 25.7 Å². The molecular formula is C15H18N4S. The van der Waals surface area contributed by atoms with Crippen molar-refractivity contribution in [2.45, 2.75) is 45.1 Å². The van der Waals surface area contributed by atoms with Gasteiger partial charge in [-0.05, 0) is 38.3 Å². The second-order valence-corrected chi connectivity index (χ2v) is 6.60. The lowest BCUT2D eigenvalue weighted by molar-refractivity contribution is 0.508. The van der Waals surface area contributed by atoms with Crippen LogP contribution >= 0.6 is 11.8 Å². The third-order valence-electron chi connectivity index (χ3n) is 4.05. The lowest BCUT2D eigenvalue weighted by atomic mass is 10.0. The molecule has 0 unspecified atom stereocenters. The van der Waals surface area contributed by atoms with Gasteiger partial charge in [0, 0.05) is 11.4 Å². The number of thioether (sulfide) groups is 1. The number of nitrogens with one attached hydrogen (secondary N) is 1. The molecule has 104 valence electrons. The molecule has 0 amide bonds. The van der Waals surface area contributed by atoms with Crippen molar-refractivity contribution >= 4 is 28.4 Å². The van der Waals surface area contributed by atoms with Gasteiger partial charge in [-0.2, -0.15) is 0 Å². The summed E-state index contributed by atoms with van der Waals surface area (Å²) in [5, 5.41) is 4.30. The van der Waals surface area contributed by atoms with E-state index >= 15 is 0 Å². The summed E-state index contributed by atoms with van der Waals surface area (Å²) in [6.07, 6.45) is 5.03. The minimum atomic E-state index is 0.188. The molecular weight excluding hydrogens is 268 g/mol. The molecule has 1 N–H and O–H groups in total. The van der Waals surface area contributed by atoms with Crippen LogP contribution < -0.4 is 5.32 Å². The van der Waals surface area contributed by atoms with Gasteiger partial charge in [0.2, 0.25) is 5.69 Å². The van der Waals surface area contributed by atoms with Crippen LogP contribution in [0.4, 0.5) is 11.5 Å². The summed E-state index contributed by atoms with van der Waals surface area (Å²) in [4.78, 5) is 12.9. The van der Waals surface area contributed by atoms with Crippen molar-refractivity contribution in [2.24, 2.45) is 4.99 Å². The molecule has 1 saturated carbocycles. The minimum absolute atomic E-state index is 0.188. The average molecular weight is 286 g/mol. The predicted molar refractivity (Wildman–Crippen MR) is 84.7 cm³/mol. The molecule has 1 aromatic rings. The number of aromatic nitrogens is 1. The van der Waals surface area contributed by atoms with Crippen LogP contribution in [0.5, 0.6) is 0 Å². The Morgan fingerprint density at radius 1 is 1.35 bits per heavy atom. The van der Waals surface area contributed by atoms with Crippen molar-refractivity contribution in [3.8, 4) is 0 Å². The molecule has 0 atom stereocenters. The summed E-state index contributed by atoms with van der Waals surface area (Å²) in [7, 11) is 0. The van der Waals surface area contributed by atoms with Gasteiger partial charge in [0.25, 0.3) is 0 Å². The van der Waals surface area contributed by atoms with E-state index < -0.39 is 0 Å². The maximum Gasteiger partial charge on any atom is 0.211 e.